The number of ether oxygens (including phenoxy) is 2. The van der Waals surface area contributed by atoms with Crippen LogP contribution in [0.4, 0.5) is 0 Å². The van der Waals surface area contributed by atoms with Crippen LogP contribution >= 0.6 is 0 Å². The third-order valence-corrected chi connectivity index (χ3v) is 8.54. The first-order valence-electron chi connectivity index (χ1n) is 13.4. The lowest BCUT2D eigenvalue weighted by Crippen LogP contribution is -2.45. The van der Waals surface area contributed by atoms with E-state index >= 15 is 0 Å². The van der Waals surface area contributed by atoms with Crippen LogP contribution in [0, 0.1) is 0 Å². The number of nitrogens with two attached hydrogens (primary N) is 1. The Morgan fingerprint density at radius 2 is 1.68 bits per heavy atom. The summed E-state index contributed by atoms with van der Waals surface area (Å²) in [5.41, 5.74) is 7.74. The summed E-state index contributed by atoms with van der Waals surface area (Å²) < 4.78 is 35.0. The SMILES string of the molecule is CC(C)(C)OC(=O)C(CCC(N)=O)N1Cc2c(OCc3ccc(CN4CCS(=O)(=O)CC4)cc3)cccc2C1=O. The van der Waals surface area contributed by atoms with Gasteiger partial charge in [0.05, 0.1) is 18.1 Å². The smallest absolute Gasteiger partial charge is 0.329 e. The number of carbonyl (C=O) groups is 3. The minimum absolute atomic E-state index is 0.0553. The lowest BCUT2D eigenvalue weighted by atomic mass is 10.1. The molecule has 2 aliphatic rings. The molecule has 4 rings (SSSR count). The number of rotatable bonds is 10. The highest BCUT2D eigenvalue weighted by Crippen LogP contribution is 2.34. The Bertz CT molecular complexity index is 1350. The van der Waals surface area contributed by atoms with E-state index < -0.39 is 33.4 Å². The molecule has 216 valence electrons. The van der Waals surface area contributed by atoms with Crippen LogP contribution in [0.3, 0.4) is 0 Å². The Hall–Kier alpha value is -3.44. The zero-order valence-electron chi connectivity index (χ0n) is 23.2. The average molecular weight is 572 g/mol. The van der Waals surface area contributed by atoms with E-state index in [2.05, 4.69) is 4.90 Å². The lowest BCUT2D eigenvalue weighted by molar-refractivity contribution is -0.160. The van der Waals surface area contributed by atoms with Gasteiger partial charge in [-0.2, -0.15) is 0 Å². The maximum absolute atomic E-state index is 13.3. The van der Waals surface area contributed by atoms with Gasteiger partial charge in [0.1, 0.15) is 24.0 Å². The van der Waals surface area contributed by atoms with E-state index in [9.17, 15) is 22.8 Å². The highest BCUT2D eigenvalue weighted by molar-refractivity contribution is 7.91. The minimum Gasteiger partial charge on any atom is -0.489 e. The molecule has 0 bridgehead atoms. The zero-order chi connectivity index (χ0) is 29.1. The number of carbonyl (C=O) groups excluding carboxylic acids is 3. The quantitative estimate of drug-likeness (QED) is 0.430. The Morgan fingerprint density at radius 3 is 2.30 bits per heavy atom. The summed E-state index contributed by atoms with van der Waals surface area (Å²) in [6.45, 7) is 7.44. The van der Waals surface area contributed by atoms with Gasteiger partial charge in [-0.3, -0.25) is 14.5 Å². The molecule has 0 radical (unpaired) electrons. The predicted octanol–water partition coefficient (Wildman–Crippen LogP) is 2.43. The molecule has 1 unspecified atom stereocenters. The molecule has 2 aromatic carbocycles. The molecule has 0 aliphatic carbocycles. The first-order valence-corrected chi connectivity index (χ1v) is 15.2. The Kier molecular flexibility index (Phi) is 8.84. The van der Waals surface area contributed by atoms with Gasteiger partial charge in [-0.15, -0.1) is 0 Å². The molecular weight excluding hydrogens is 534 g/mol. The molecule has 40 heavy (non-hydrogen) atoms. The summed E-state index contributed by atoms with van der Waals surface area (Å²) in [6.07, 6.45) is 0.0139. The fraction of sp³-hybridized carbons (Fsp3) is 0.483. The molecule has 1 fully saturated rings. The van der Waals surface area contributed by atoms with E-state index in [4.69, 9.17) is 15.2 Å². The average Bonchev–Trinajstić information content (AvgIpc) is 3.20. The molecule has 0 spiro atoms. The first kappa shape index (κ1) is 29.5. The third-order valence-electron chi connectivity index (χ3n) is 6.93. The second-order valence-electron chi connectivity index (χ2n) is 11.3. The third kappa shape index (κ3) is 7.60. The van der Waals surface area contributed by atoms with Crippen molar-refractivity contribution < 1.29 is 32.3 Å². The number of benzene rings is 2. The number of amides is 2. The van der Waals surface area contributed by atoms with Crippen molar-refractivity contribution in [2.75, 3.05) is 24.6 Å². The topological polar surface area (TPSA) is 136 Å². The highest BCUT2D eigenvalue weighted by Gasteiger charge is 2.39. The van der Waals surface area contributed by atoms with E-state index in [0.29, 0.717) is 36.5 Å². The molecule has 1 saturated heterocycles. The van der Waals surface area contributed by atoms with E-state index in [-0.39, 0.29) is 43.4 Å². The van der Waals surface area contributed by atoms with Crippen molar-refractivity contribution in [2.24, 2.45) is 5.73 Å². The van der Waals surface area contributed by atoms with Crippen LogP contribution in [-0.4, -0.2) is 72.2 Å². The second kappa shape index (κ2) is 12.0. The van der Waals surface area contributed by atoms with Gasteiger partial charge in [-0.1, -0.05) is 30.3 Å². The van der Waals surface area contributed by atoms with E-state index in [0.717, 1.165) is 11.1 Å². The van der Waals surface area contributed by atoms with Gasteiger partial charge >= 0.3 is 5.97 Å². The van der Waals surface area contributed by atoms with Crippen molar-refractivity contribution in [3.8, 4) is 5.75 Å². The molecule has 2 aromatic rings. The normalized spacial score (nSPS) is 17.8. The molecular formula is C29H37N3O7S. The molecule has 2 heterocycles. The summed E-state index contributed by atoms with van der Waals surface area (Å²) >= 11 is 0. The van der Waals surface area contributed by atoms with Crippen LogP contribution in [0.15, 0.2) is 42.5 Å². The van der Waals surface area contributed by atoms with Gasteiger partial charge in [0.25, 0.3) is 5.91 Å². The lowest BCUT2D eigenvalue weighted by Gasteiger charge is -2.29. The summed E-state index contributed by atoms with van der Waals surface area (Å²) in [4.78, 5) is 41.4. The van der Waals surface area contributed by atoms with Gasteiger partial charge in [-0.25, -0.2) is 13.2 Å². The van der Waals surface area contributed by atoms with Crippen LogP contribution in [-0.2, 0) is 43.9 Å². The number of nitrogens with zero attached hydrogens (tertiary/aromatic N) is 2. The van der Waals surface area contributed by atoms with Crippen molar-refractivity contribution in [3.63, 3.8) is 0 Å². The van der Waals surface area contributed by atoms with Crippen molar-refractivity contribution in [1.82, 2.24) is 9.80 Å². The molecule has 2 aliphatic heterocycles. The second-order valence-corrected chi connectivity index (χ2v) is 13.6. The van der Waals surface area contributed by atoms with Gasteiger partial charge in [-0.05, 0) is 50.5 Å². The van der Waals surface area contributed by atoms with Crippen molar-refractivity contribution in [1.29, 1.82) is 0 Å². The number of fused-ring (bicyclic) bond motifs is 1. The fourth-order valence-electron chi connectivity index (χ4n) is 4.83. The van der Waals surface area contributed by atoms with Gasteiger partial charge in [0, 0.05) is 37.2 Å². The summed E-state index contributed by atoms with van der Waals surface area (Å²) in [5.74, 6) is -0.519. The van der Waals surface area contributed by atoms with Crippen LogP contribution in [0.1, 0.15) is 60.7 Å². The number of hydrogen-bond donors (Lipinski definition) is 1. The highest BCUT2D eigenvalue weighted by atomic mass is 32.2. The maximum atomic E-state index is 13.3. The summed E-state index contributed by atoms with van der Waals surface area (Å²) in [6, 6.07) is 12.2. The monoisotopic (exact) mass is 571 g/mol. The molecule has 1 atom stereocenters. The largest absolute Gasteiger partial charge is 0.489 e. The predicted molar refractivity (Wildman–Crippen MR) is 149 cm³/mol. The Morgan fingerprint density at radius 1 is 1.02 bits per heavy atom. The standard InChI is InChI=1S/C29H37N3O7S/c1-29(2,3)39-28(35)24(11-12-26(30)33)32-18-23-22(27(32)34)5-4-6-25(23)38-19-21-9-7-20(8-10-21)17-31-13-15-40(36,37)16-14-31/h4-10,24H,11-19H2,1-3H3,(H2,30,33). The molecule has 0 saturated carbocycles. The maximum Gasteiger partial charge on any atom is 0.329 e. The minimum atomic E-state index is -2.91. The number of esters is 1. The van der Waals surface area contributed by atoms with Crippen molar-refractivity contribution in [3.05, 3.63) is 64.7 Å². The van der Waals surface area contributed by atoms with Gasteiger partial charge in [0.15, 0.2) is 9.84 Å². The number of primary amides is 1. The van der Waals surface area contributed by atoms with Crippen LogP contribution < -0.4 is 10.5 Å². The molecule has 2 amide bonds. The summed E-state index contributed by atoms with van der Waals surface area (Å²) in [7, 11) is -2.91. The molecule has 0 aromatic heterocycles. The molecule has 2 N–H and O–H groups in total. The number of hydrogen-bond acceptors (Lipinski definition) is 8. The van der Waals surface area contributed by atoms with E-state index in [1.165, 1.54) is 4.90 Å². The van der Waals surface area contributed by atoms with Crippen LogP contribution in [0.25, 0.3) is 0 Å². The Labute approximate surface area is 235 Å². The van der Waals surface area contributed by atoms with Gasteiger partial charge in [0.2, 0.25) is 5.91 Å². The number of sulfone groups is 1. The van der Waals surface area contributed by atoms with E-state index in [1.54, 1.807) is 39.0 Å². The van der Waals surface area contributed by atoms with Crippen molar-refractivity contribution >= 4 is 27.6 Å². The zero-order valence-corrected chi connectivity index (χ0v) is 24.0. The van der Waals surface area contributed by atoms with Crippen LogP contribution in [0.5, 0.6) is 5.75 Å². The fourth-order valence-corrected chi connectivity index (χ4v) is 6.11. The Balaban J connectivity index is 1.42. The first-order chi connectivity index (χ1) is 18.8. The van der Waals surface area contributed by atoms with Crippen LogP contribution in [0.2, 0.25) is 0 Å². The molecule has 10 nitrogen and oxygen atoms in total. The van der Waals surface area contributed by atoms with Gasteiger partial charge < -0.3 is 20.1 Å². The molecule has 11 heteroatoms. The van der Waals surface area contributed by atoms with Crippen molar-refractivity contribution in [2.45, 2.75) is 65.0 Å². The summed E-state index contributed by atoms with van der Waals surface area (Å²) in [5, 5.41) is 0. The van der Waals surface area contributed by atoms with E-state index in [1.807, 2.05) is 24.3 Å².